The third kappa shape index (κ3) is 3.91. The molecule has 0 aromatic heterocycles. The van der Waals surface area contributed by atoms with Crippen molar-refractivity contribution in [1.29, 1.82) is 10.5 Å². The molecule has 0 spiro atoms. The molecule has 1 fully saturated rings. The summed E-state index contributed by atoms with van der Waals surface area (Å²) in [4.78, 5) is 2.39. The van der Waals surface area contributed by atoms with Crippen molar-refractivity contribution in [3.8, 4) is 12.1 Å². The van der Waals surface area contributed by atoms with E-state index < -0.39 is 12.1 Å². The van der Waals surface area contributed by atoms with Crippen molar-refractivity contribution in [3.05, 3.63) is 65.7 Å². The first-order valence-corrected chi connectivity index (χ1v) is 10.3. The molecule has 2 aliphatic rings. The molecule has 2 aromatic rings. The first kappa shape index (κ1) is 19.7. The lowest BCUT2D eigenvalue weighted by Gasteiger charge is -2.28. The number of piperidine rings is 1. The van der Waals surface area contributed by atoms with Gasteiger partial charge in [-0.05, 0) is 55.2 Å². The molecule has 0 aliphatic carbocycles. The average Bonchev–Trinajstić information content (AvgIpc) is 3.15. The summed E-state index contributed by atoms with van der Waals surface area (Å²) >= 11 is 0. The number of nitrogens with zero attached hydrogens (tertiary/aromatic N) is 5. The van der Waals surface area contributed by atoms with Crippen molar-refractivity contribution in [3.63, 3.8) is 0 Å². The first-order valence-electron chi connectivity index (χ1n) is 10.3. The Kier molecular flexibility index (Phi) is 5.79. The summed E-state index contributed by atoms with van der Waals surface area (Å²) < 4.78 is 0. The van der Waals surface area contributed by atoms with Crippen LogP contribution in [0.2, 0.25) is 0 Å². The van der Waals surface area contributed by atoms with Gasteiger partial charge in [-0.1, -0.05) is 30.3 Å². The Hall–Kier alpha value is -3.61. The van der Waals surface area contributed by atoms with E-state index in [1.807, 2.05) is 42.5 Å². The maximum absolute atomic E-state index is 9.79. The Bertz CT molecular complexity index is 1020. The summed E-state index contributed by atoms with van der Waals surface area (Å²) in [7, 11) is 0. The van der Waals surface area contributed by atoms with Crippen LogP contribution in [0.15, 0.2) is 65.3 Å². The highest BCUT2D eigenvalue weighted by molar-refractivity contribution is 6.11. The molecule has 2 atom stereocenters. The minimum Gasteiger partial charge on any atom is -0.372 e. The van der Waals surface area contributed by atoms with Gasteiger partial charge in [-0.2, -0.15) is 15.6 Å². The van der Waals surface area contributed by atoms with Gasteiger partial charge in [-0.25, -0.2) is 5.01 Å². The molecular formula is C24H24N6. The van der Waals surface area contributed by atoms with Gasteiger partial charge in [0.2, 0.25) is 0 Å². The van der Waals surface area contributed by atoms with Crippen LogP contribution >= 0.6 is 0 Å². The van der Waals surface area contributed by atoms with Crippen LogP contribution in [0.3, 0.4) is 0 Å². The molecule has 0 saturated carbocycles. The van der Waals surface area contributed by atoms with Crippen LogP contribution < -0.4 is 15.6 Å². The summed E-state index contributed by atoms with van der Waals surface area (Å²) in [5.41, 5.74) is 9.97. The average molecular weight is 396 g/mol. The van der Waals surface area contributed by atoms with Crippen LogP contribution in [0.1, 0.15) is 24.8 Å². The largest absolute Gasteiger partial charge is 0.372 e. The SMILES string of the molecule is N#C/C(=C\c1ccc(N2CCCCC2)cc1)C1=NN(c2ccccc2)[C@@H](N)[C@@H]1C#N. The molecule has 2 heterocycles. The number of anilines is 2. The normalized spacial score (nSPS) is 21.7. The van der Waals surface area contributed by atoms with Gasteiger partial charge in [0.05, 0.1) is 23.0 Å². The fraction of sp³-hybridized carbons (Fsp3) is 0.292. The van der Waals surface area contributed by atoms with Crippen LogP contribution in [0.25, 0.3) is 6.08 Å². The maximum atomic E-state index is 9.79. The molecule has 2 aromatic carbocycles. The van der Waals surface area contributed by atoms with E-state index in [4.69, 9.17) is 5.73 Å². The fourth-order valence-electron chi connectivity index (χ4n) is 3.98. The lowest BCUT2D eigenvalue weighted by Crippen LogP contribution is -2.40. The Morgan fingerprint density at radius 2 is 1.67 bits per heavy atom. The van der Waals surface area contributed by atoms with E-state index >= 15 is 0 Å². The second-order valence-corrected chi connectivity index (χ2v) is 7.57. The summed E-state index contributed by atoms with van der Waals surface area (Å²) in [6, 6.07) is 22.1. The van der Waals surface area contributed by atoms with Crippen LogP contribution in [-0.2, 0) is 0 Å². The Morgan fingerprint density at radius 3 is 2.30 bits per heavy atom. The van der Waals surface area contributed by atoms with Gasteiger partial charge in [0.1, 0.15) is 18.2 Å². The van der Waals surface area contributed by atoms with Crippen molar-refractivity contribution >= 4 is 23.2 Å². The van der Waals surface area contributed by atoms with E-state index in [-0.39, 0.29) is 0 Å². The zero-order chi connectivity index (χ0) is 20.9. The van der Waals surface area contributed by atoms with Crippen LogP contribution in [0, 0.1) is 28.6 Å². The van der Waals surface area contributed by atoms with Crippen molar-refractivity contribution < 1.29 is 0 Å². The molecule has 0 bridgehead atoms. The summed E-state index contributed by atoms with van der Waals surface area (Å²) in [5.74, 6) is -0.677. The predicted molar refractivity (Wildman–Crippen MR) is 120 cm³/mol. The van der Waals surface area contributed by atoms with Crippen molar-refractivity contribution in [1.82, 2.24) is 0 Å². The van der Waals surface area contributed by atoms with Crippen molar-refractivity contribution in [2.45, 2.75) is 25.4 Å². The van der Waals surface area contributed by atoms with Gasteiger partial charge in [0.25, 0.3) is 0 Å². The number of nitrogens with two attached hydrogens (primary N) is 1. The van der Waals surface area contributed by atoms with Gasteiger partial charge >= 0.3 is 0 Å². The topological polar surface area (TPSA) is 92.4 Å². The molecule has 2 N–H and O–H groups in total. The number of nitriles is 2. The van der Waals surface area contributed by atoms with E-state index in [9.17, 15) is 10.5 Å². The van der Waals surface area contributed by atoms with Gasteiger partial charge < -0.3 is 10.6 Å². The Labute approximate surface area is 177 Å². The highest BCUT2D eigenvalue weighted by atomic mass is 15.5. The molecule has 150 valence electrons. The van der Waals surface area contributed by atoms with E-state index in [1.54, 1.807) is 11.1 Å². The summed E-state index contributed by atoms with van der Waals surface area (Å²) in [6.45, 7) is 2.18. The van der Waals surface area contributed by atoms with Gasteiger partial charge in [-0.15, -0.1) is 0 Å². The van der Waals surface area contributed by atoms with Gasteiger partial charge in [-0.3, -0.25) is 0 Å². The van der Waals surface area contributed by atoms with E-state index in [2.05, 4.69) is 34.3 Å². The molecule has 6 nitrogen and oxygen atoms in total. The summed E-state index contributed by atoms with van der Waals surface area (Å²) in [5, 5.41) is 25.6. The first-order chi connectivity index (χ1) is 14.7. The number of hydrogen-bond acceptors (Lipinski definition) is 6. The monoisotopic (exact) mass is 396 g/mol. The van der Waals surface area contributed by atoms with E-state index in [0.29, 0.717) is 11.3 Å². The Balaban J connectivity index is 1.61. The minimum atomic E-state index is -0.677. The highest BCUT2D eigenvalue weighted by Gasteiger charge is 2.37. The van der Waals surface area contributed by atoms with Crippen LogP contribution in [0.4, 0.5) is 11.4 Å². The molecule has 6 heteroatoms. The zero-order valence-corrected chi connectivity index (χ0v) is 16.8. The second-order valence-electron chi connectivity index (χ2n) is 7.57. The molecule has 0 unspecified atom stereocenters. The number of benzene rings is 2. The number of allylic oxidation sites excluding steroid dienone is 1. The molecule has 1 saturated heterocycles. The smallest absolute Gasteiger partial charge is 0.127 e. The lowest BCUT2D eigenvalue weighted by molar-refractivity contribution is 0.578. The van der Waals surface area contributed by atoms with Crippen molar-refractivity contribution in [2.24, 2.45) is 16.8 Å². The van der Waals surface area contributed by atoms with Crippen LogP contribution in [0.5, 0.6) is 0 Å². The number of rotatable bonds is 4. The minimum absolute atomic E-state index is 0.362. The number of hydrogen-bond donors (Lipinski definition) is 1. The molecule has 4 rings (SSSR count). The molecule has 0 radical (unpaired) electrons. The molecule has 2 aliphatic heterocycles. The summed E-state index contributed by atoms with van der Waals surface area (Å²) in [6.07, 6.45) is 4.91. The van der Waals surface area contributed by atoms with Gasteiger partial charge in [0.15, 0.2) is 0 Å². The molecular weight excluding hydrogens is 372 g/mol. The third-order valence-corrected chi connectivity index (χ3v) is 5.62. The third-order valence-electron chi connectivity index (χ3n) is 5.62. The fourth-order valence-corrected chi connectivity index (χ4v) is 3.98. The lowest BCUT2D eigenvalue weighted by atomic mass is 9.95. The van der Waals surface area contributed by atoms with Crippen LogP contribution in [-0.4, -0.2) is 25.0 Å². The van der Waals surface area contributed by atoms with E-state index in [0.717, 1.165) is 24.3 Å². The number of para-hydroxylation sites is 1. The predicted octanol–water partition coefficient (Wildman–Crippen LogP) is 3.88. The van der Waals surface area contributed by atoms with Gasteiger partial charge in [0, 0.05) is 18.8 Å². The zero-order valence-electron chi connectivity index (χ0n) is 16.8. The molecule has 30 heavy (non-hydrogen) atoms. The highest BCUT2D eigenvalue weighted by Crippen LogP contribution is 2.29. The second kappa shape index (κ2) is 8.82. The standard InChI is InChI=1S/C24H24N6/c25-16-19(15-18-9-11-20(12-10-18)29-13-5-2-6-14-29)23-22(17-26)24(27)30(28-23)21-7-3-1-4-8-21/h1,3-4,7-12,15,22,24H,2,5-6,13-14,27H2/b19-15+/t22-,24-/m1/s1. The molecule has 0 amide bonds. The number of hydrazone groups is 1. The Morgan fingerprint density at radius 1 is 0.967 bits per heavy atom. The maximum Gasteiger partial charge on any atom is 0.127 e. The van der Waals surface area contributed by atoms with Crippen molar-refractivity contribution in [2.75, 3.05) is 23.0 Å². The van der Waals surface area contributed by atoms with E-state index in [1.165, 1.54) is 24.9 Å². The quantitative estimate of drug-likeness (QED) is 0.792.